The first-order valence-corrected chi connectivity index (χ1v) is 5.84. The molecule has 3 nitrogen and oxygen atoms in total. The predicted octanol–water partition coefficient (Wildman–Crippen LogP) is 3.23. The molecule has 1 atom stereocenters. The molecule has 15 heavy (non-hydrogen) atoms. The van der Waals surface area contributed by atoms with E-state index >= 15 is 0 Å². The number of aryl methyl sites for hydroxylation is 1. The number of hydrogen-bond acceptors (Lipinski definition) is 2. The van der Waals surface area contributed by atoms with E-state index in [4.69, 9.17) is 0 Å². The summed E-state index contributed by atoms with van der Waals surface area (Å²) in [5, 5.41) is 3.30. The van der Waals surface area contributed by atoms with Crippen molar-refractivity contribution >= 4 is 5.95 Å². The van der Waals surface area contributed by atoms with Crippen molar-refractivity contribution in [3.63, 3.8) is 0 Å². The van der Waals surface area contributed by atoms with E-state index in [0.29, 0.717) is 6.04 Å². The summed E-state index contributed by atoms with van der Waals surface area (Å²) in [5.41, 5.74) is 1.08. The molecule has 1 rings (SSSR count). The normalized spacial score (nSPS) is 13.2. The van der Waals surface area contributed by atoms with Crippen LogP contribution in [-0.2, 0) is 0 Å². The van der Waals surface area contributed by atoms with Crippen LogP contribution >= 0.6 is 0 Å². The standard InChI is InChI=1S/C12H23N3/c1-6-13-12-14-10(4)8-15(12)11(5)7-9(2)3/h8-9,11H,6-7H2,1-5H3,(H,13,14). The number of nitrogens with zero attached hydrogens (tertiary/aromatic N) is 2. The van der Waals surface area contributed by atoms with Gasteiger partial charge in [-0.3, -0.25) is 0 Å². The number of nitrogens with one attached hydrogen (secondary N) is 1. The van der Waals surface area contributed by atoms with Gasteiger partial charge >= 0.3 is 0 Å². The van der Waals surface area contributed by atoms with Crippen LogP contribution in [0.25, 0.3) is 0 Å². The minimum absolute atomic E-state index is 0.514. The van der Waals surface area contributed by atoms with Crippen LogP contribution in [0.4, 0.5) is 5.95 Å². The van der Waals surface area contributed by atoms with Crippen LogP contribution < -0.4 is 5.32 Å². The molecule has 0 amide bonds. The molecule has 1 unspecified atom stereocenters. The molecule has 0 bridgehead atoms. The molecule has 3 heteroatoms. The van der Waals surface area contributed by atoms with E-state index in [1.165, 1.54) is 6.42 Å². The van der Waals surface area contributed by atoms with E-state index in [1.807, 2.05) is 6.92 Å². The van der Waals surface area contributed by atoms with Crippen LogP contribution in [0, 0.1) is 12.8 Å². The molecular formula is C12H23N3. The second-order valence-electron chi connectivity index (χ2n) is 4.62. The third kappa shape index (κ3) is 3.26. The third-order valence-electron chi connectivity index (χ3n) is 2.48. The second-order valence-corrected chi connectivity index (χ2v) is 4.62. The average Bonchev–Trinajstić information content (AvgIpc) is 2.46. The summed E-state index contributed by atoms with van der Waals surface area (Å²) in [6.45, 7) is 11.8. The number of rotatable bonds is 5. The summed E-state index contributed by atoms with van der Waals surface area (Å²) < 4.78 is 2.25. The molecule has 86 valence electrons. The molecule has 1 aromatic heterocycles. The highest BCUT2D eigenvalue weighted by atomic mass is 15.2. The lowest BCUT2D eigenvalue weighted by Crippen LogP contribution is -2.12. The van der Waals surface area contributed by atoms with Crippen molar-refractivity contribution in [3.8, 4) is 0 Å². The van der Waals surface area contributed by atoms with Gasteiger partial charge in [0.05, 0.1) is 5.69 Å². The largest absolute Gasteiger partial charge is 0.356 e. The molecule has 1 heterocycles. The lowest BCUT2D eigenvalue weighted by atomic mass is 10.1. The van der Waals surface area contributed by atoms with Crippen LogP contribution in [0.15, 0.2) is 6.20 Å². The molecular weight excluding hydrogens is 186 g/mol. The number of imidazole rings is 1. The molecule has 0 aromatic carbocycles. The quantitative estimate of drug-likeness (QED) is 0.807. The Morgan fingerprint density at radius 1 is 1.40 bits per heavy atom. The van der Waals surface area contributed by atoms with E-state index in [9.17, 15) is 0 Å². The minimum atomic E-state index is 0.514. The van der Waals surface area contributed by atoms with Crippen molar-refractivity contribution in [2.24, 2.45) is 5.92 Å². The van der Waals surface area contributed by atoms with E-state index in [1.54, 1.807) is 0 Å². The maximum absolute atomic E-state index is 4.48. The predicted molar refractivity (Wildman–Crippen MR) is 65.3 cm³/mol. The van der Waals surface area contributed by atoms with E-state index in [0.717, 1.165) is 24.1 Å². The highest BCUT2D eigenvalue weighted by Crippen LogP contribution is 2.21. The zero-order valence-electron chi connectivity index (χ0n) is 10.5. The number of hydrogen-bond donors (Lipinski definition) is 1. The summed E-state index contributed by atoms with van der Waals surface area (Å²) in [6.07, 6.45) is 3.32. The smallest absolute Gasteiger partial charge is 0.203 e. The molecule has 0 fully saturated rings. The Morgan fingerprint density at radius 2 is 2.07 bits per heavy atom. The highest BCUT2D eigenvalue weighted by Gasteiger charge is 2.12. The average molecular weight is 209 g/mol. The summed E-state index contributed by atoms with van der Waals surface area (Å²) in [4.78, 5) is 4.48. The van der Waals surface area contributed by atoms with E-state index in [-0.39, 0.29) is 0 Å². The number of aromatic nitrogens is 2. The van der Waals surface area contributed by atoms with Crippen molar-refractivity contribution in [3.05, 3.63) is 11.9 Å². The molecule has 1 N–H and O–H groups in total. The van der Waals surface area contributed by atoms with Gasteiger partial charge in [-0.25, -0.2) is 4.98 Å². The zero-order valence-corrected chi connectivity index (χ0v) is 10.5. The lowest BCUT2D eigenvalue weighted by molar-refractivity contribution is 0.430. The fourth-order valence-corrected chi connectivity index (χ4v) is 1.94. The van der Waals surface area contributed by atoms with Gasteiger partial charge in [0.2, 0.25) is 5.95 Å². The van der Waals surface area contributed by atoms with Crippen LogP contribution in [0.5, 0.6) is 0 Å². The van der Waals surface area contributed by atoms with E-state index in [2.05, 4.69) is 48.8 Å². The van der Waals surface area contributed by atoms with Crippen LogP contribution in [0.1, 0.15) is 45.9 Å². The Morgan fingerprint density at radius 3 is 2.60 bits per heavy atom. The highest BCUT2D eigenvalue weighted by molar-refractivity contribution is 5.29. The van der Waals surface area contributed by atoms with Crippen LogP contribution in [0.2, 0.25) is 0 Å². The van der Waals surface area contributed by atoms with Gasteiger partial charge in [-0.2, -0.15) is 0 Å². The Balaban J connectivity index is 2.81. The fraction of sp³-hybridized carbons (Fsp3) is 0.750. The van der Waals surface area contributed by atoms with Gasteiger partial charge in [0.25, 0.3) is 0 Å². The number of anilines is 1. The summed E-state index contributed by atoms with van der Waals surface area (Å²) in [5.74, 6) is 1.72. The first-order chi connectivity index (χ1) is 7.04. The monoisotopic (exact) mass is 209 g/mol. The molecule has 1 aromatic rings. The van der Waals surface area contributed by atoms with Gasteiger partial charge in [-0.15, -0.1) is 0 Å². The van der Waals surface area contributed by atoms with Crippen LogP contribution in [0.3, 0.4) is 0 Å². The van der Waals surface area contributed by atoms with Crippen molar-refractivity contribution in [2.45, 2.75) is 47.1 Å². The molecule has 0 radical (unpaired) electrons. The molecule has 0 aliphatic rings. The zero-order chi connectivity index (χ0) is 11.4. The molecule has 0 aliphatic heterocycles. The van der Waals surface area contributed by atoms with Crippen molar-refractivity contribution in [1.29, 1.82) is 0 Å². The third-order valence-corrected chi connectivity index (χ3v) is 2.48. The molecule has 0 saturated heterocycles. The first kappa shape index (κ1) is 12.1. The maximum atomic E-state index is 4.48. The van der Waals surface area contributed by atoms with Crippen LogP contribution in [-0.4, -0.2) is 16.1 Å². The van der Waals surface area contributed by atoms with E-state index < -0.39 is 0 Å². The van der Waals surface area contributed by atoms with Crippen molar-refractivity contribution < 1.29 is 0 Å². The van der Waals surface area contributed by atoms with Gasteiger partial charge in [0.15, 0.2) is 0 Å². The minimum Gasteiger partial charge on any atom is -0.356 e. The Bertz CT molecular complexity index is 302. The topological polar surface area (TPSA) is 29.9 Å². The fourth-order valence-electron chi connectivity index (χ4n) is 1.94. The SMILES string of the molecule is CCNc1nc(C)cn1C(C)CC(C)C. The Kier molecular flexibility index (Phi) is 4.18. The lowest BCUT2D eigenvalue weighted by Gasteiger charge is -2.18. The summed E-state index contributed by atoms with van der Waals surface area (Å²) in [6, 6.07) is 0.514. The Labute approximate surface area is 92.9 Å². The summed E-state index contributed by atoms with van der Waals surface area (Å²) >= 11 is 0. The van der Waals surface area contributed by atoms with Crippen molar-refractivity contribution in [1.82, 2.24) is 9.55 Å². The van der Waals surface area contributed by atoms with Gasteiger partial charge < -0.3 is 9.88 Å². The van der Waals surface area contributed by atoms with Gasteiger partial charge in [-0.05, 0) is 33.1 Å². The van der Waals surface area contributed by atoms with Gasteiger partial charge in [0.1, 0.15) is 0 Å². The first-order valence-electron chi connectivity index (χ1n) is 5.84. The maximum Gasteiger partial charge on any atom is 0.203 e. The summed E-state index contributed by atoms with van der Waals surface area (Å²) in [7, 11) is 0. The molecule has 0 saturated carbocycles. The van der Waals surface area contributed by atoms with Crippen molar-refractivity contribution in [2.75, 3.05) is 11.9 Å². The molecule has 0 aliphatic carbocycles. The second kappa shape index (κ2) is 5.19. The molecule has 0 spiro atoms. The Hall–Kier alpha value is -0.990. The van der Waals surface area contributed by atoms with Gasteiger partial charge in [-0.1, -0.05) is 13.8 Å². The van der Waals surface area contributed by atoms with Gasteiger partial charge in [0, 0.05) is 18.8 Å².